The fraction of sp³-hybridized carbons (Fsp3) is 0.455. The molecule has 76 valence electrons. The van der Waals surface area contributed by atoms with Gasteiger partial charge < -0.3 is 11.1 Å². The zero-order valence-corrected chi connectivity index (χ0v) is 9.68. The predicted molar refractivity (Wildman–Crippen MR) is 63.2 cm³/mol. The third-order valence-electron chi connectivity index (χ3n) is 2.75. The largest absolute Gasteiger partial charge is 0.398 e. The first-order valence-corrected chi connectivity index (χ1v) is 5.79. The van der Waals surface area contributed by atoms with E-state index < -0.39 is 0 Å². The first-order valence-electron chi connectivity index (χ1n) is 5.00. The molecular formula is C11H15BrN2. The molecule has 2 nitrogen and oxygen atoms in total. The van der Waals surface area contributed by atoms with Crippen molar-refractivity contribution in [1.29, 1.82) is 0 Å². The summed E-state index contributed by atoms with van der Waals surface area (Å²) >= 11 is 3.45. The fourth-order valence-corrected chi connectivity index (χ4v) is 2.35. The van der Waals surface area contributed by atoms with E-state index in [1.165, 1.54) is 18.5 Å². The summed E-state index contributed by atoms with van der Waals surface area (Å²) in [5.41, 5.74) is 7.93. The lowest BCUT2D eigenvalue weighted by Gasteiger charge is -2.09. The molecule has 1 aliphatic heterocycles. The quantitative estimate of drug-likeness (QED) is 0.795. The first-order chi connectivity index (χ1) is 6.75. The number of nitrogens with two attached hydrogens (primary N) is 1. The van der Waals surface area contributed by atoms with Gasteiger partial charge in [-0.1, -0.05) is 6.07 Å². The number of nitrogens with one attached hydrogen (secondary N) is 1. The summed E-state index contributed by atoms with van der Waals surface area (Å²) in [4.78, 5) is 0. The Morgan fingerprint density at radius 2 is 2.36 bits per heavy atom. The molecule has 0 aromatic heterocycles. The molecule has 0 amide bonds. The zero-order chi connectivity index (χ0) is 9.97. The average molecular weight is 255 g/mol. The molecule has 1 aromatic rings. The molecule has 0 spiro atoms. The monoisotopic (exact) mass is 254 g/mol. The van der Waals surface area contributed by atoms with Gasteiger partial charge in [0.05, 0.1) is 0 Å². The summed E-state index contributed by atoms with van der Waals surface area (Å²) < 4.78 is 1.01. The van der Waals surface area contributed by atoms with Crippen LogP contribution in [0, 0.1) is 5.92 Å². The van der Waals surface area contributed by atoms with Crippen molar-refractivity contribution in [2.45, 2.75) is 12.8 Å². The number of rotatable bonds is 2. The number of nitrogen functional groups attached to an aromatic ring is 1. The SMILES string of the molecule is Nc1ccc(CC2CCNC2)cc1Br. The van der Waals surface area contributed by atoms with E-state index in [0.29, 0.717) is 0 Å². The maximum Gasteiger partial charge on any atom is 0.0458 e. The average Bonchev–Trinajstić information content (AvgIpc) is 2.64. The van der Waals surface area contributed by atoms with E-state index in [9.17, 15) is 0 Å². The highest BCUT2D eigenvalue weighted by molar-refractivity contribution is 9.10. The molecule has 2 rings (SSSR count). The summed E-state index contributed by atoms with van der Waals surface area (Å²) in [7, 11) is 0. The molecule has 0 bridgehead atoms. The molecule has 3 heteroatoms. The minimum absolute atomic E-state index is 0.797. The fourth-order valence-electron chi connectivity index (χ4n) is 1.92. The highest BCUT2D eigenvalue weighted by Crippen LogP contribution is 2.23. The Bertz CT molecular complexity index is 319. The zero-order valence-electron chi connectivity index (χ0n) is 8.09. The van der Waals surface area contributed by atoms with Crippen LogP contribution in [-0.2, 0) is 6.42 Å². The second kappa shape index (κ2) is 4.32. The number of hydrogen-bond donors (Lipinski definition) is 2. The van der Waals surface area contributed by atoms with Crippen LogP contribution in [0.4, 0.5) is 5.69 Å². The molecule has 1 aromatic carbocycles. The van der Waals surface area contributed by atoms with Gasteiger partial charge in [-0.15, -0.1) is 0 Å². The second-order valence-corrected chi connectivity index (χ2v) is 4.77. The van der Waals surface area contributed by atoms with Crippen molar-refractivity contribution in [1.82, 2.24) is 5.32 Å². The van der Waals surface area contributed by atoms with Crippen LogP contribution in [-0.4, -0.2) is 13.1 Å². The van der Waals surface area contributed by atoms with Gasteiger partial charge in [0, 0.05) is 10.2 Å². The topological polar surface area (TPSA) is 38.0 Å². The summed E-state index contributed by atoms with van der Waals surface area (Å²) in [5.74, 6) is 0.797. The number of benzene rings is 1. The number of halogens is 1. The molecule has 1 aliphatic rings. The lowest BCUT2D eigenvalue weighted by Crippen LogP contribution is -2.10. The number of anilines is 1. The third kappa shape index (κ3) is 2.28. The van der Waals surface area contributed by atoms with Gasteiger partial charge in [0.1, 0.15) is 0 Å². The van der Waals surface area contributed by atoms with Crippen LogP contribution >= 0.6 is 15.9 Å². The Morgan fingerprint density at radius 3 is 3.00 bits per heavy atom. The minimum Gasteiger partial charge on any atom is -0.398 e. The molecular weight excluding hydrogens is 240 g/mol. The molecule has 0 saturated carbocycles. The summed E-state index contributed by atoms with van der Waals surface area (Å²) in [5, 5.41) is 3.38. The van der Waals surface area contributed by atoms with Gasteiger partial charge in [0.2, 0.25) is 0 Å². The van der Waals surface area contributed by atoms with Crippen molar-refractivity contribution >= 4 is 21.6 Å². The molecule has 1 atom stereocenters. The Labute approximate surface area is 93.0 Å². The Morgan fingerprint density at radius 1 is 1.50 bits per heavy atom. The summed E-state index contributed by atoms with van der Waals surface area (Å²) in [6.07, 6.45) is 2.45. The predicted octanol–water partition coefficient (Wildman–Crippen LogP) is 2.18. The van der Waals surface area contributed by atoms with Crippen molar-refractivity contribution in [2.24, 2.45) is 5.92 Å². The minimum atomic E-state index is 0.797. The van der Waals surface area contributed by atoms with Gasteiger partial charge in [0.25, 0.3) is 0 Å². The van der Waals surface area contributed by atoms with Crippen LogP contribution < -0.4 is 11.1 Å². The van der Waals surface area contributed by atoms with Crippen molar-refractivity contribution in [3.05, 3.63) is 28.2 Å². The highest BCUT2D eigenvalue weighted by Gasteiger charge is 2.14. The molecule has 3 N–H and O–H groups in total. The standard InChI is InChI=1S/C11H15BrN2/c12-10-6-8(1-2-11(10)13)5-9-3-4-14-7-9/h1-2,6,9,14H,3-5,7,13H2. The van der Waals surface area contributed by atoms with Crippen molar-refractivity contribution in [3.63, 3.8) is 0 Å². The number of hydrogen-bond acceptors (Lipinski definition) is 2. The Balaban J connectivity index is 2.05. The Hall–Kier alpha value is -0.540. The van der Waals surface area contributed by atoms with Crippen LogP contribution in [0.25, 0.3) is 0 Å². The lowest BCUT2D eigenvalue weighted by molar-refractivity contribution is 0.580. The lowest BCUT2D eigenvalue weighted by atomic mass is 9.99. The van der Waals surface area contributed by atoms with Crippen LogP contribution in [0.15, 0.2) is 22.7 Å². The van der Waals surface area contributed by atoms with Crippen molar-refractivity contribution in [3.8, 4) is 0 Å². The van der Waals surface area contributed by atoms with E-state index in [-0.39, 0.29) is 0 Å². The van der Waals surface area contributed by atoms with Gasteiger partial charge >= 0.3 is 0 Å². The van der Waals surface area contributed by atoms with Crippen molar-refractivity contribution in [2.75, 3.05) is 18.8 Å². The van der Waals surface area contributed by atoms with Crippen LogP contribution in [0.5, 0.6) is 0 Å². The first kappa shape index (κ1) is 9.99. The van der Waals surface area contributed by atoms with E-state index in [0.717, 1.165) is 29.0 Å². The van der Waals surface area contributed by atoms with Gasteiger partial charge in [-0.25, -0.2) is 0 Å². The third-order valence-corrected chi connectivity index (χ3v) is 3.44. The maximum absolute atomic E-state index is 5.74. The van der Waals surface area contributed by atoms with Crippen molar-refractivity contribution < 1.29 is 0 Å². The maximum atomic E-state index is 5.74. The van der Waals surface area contributed by atoms with Crippen LogP contribution in [0.3, 0.4) is 0 Å². The molecule has 1 heterocycles. The van der Waals surface area contributed by atoms with Gasteiger partial charge in [-0.05, 0) is 65.5 Å². The van der Waals surface area contributed by atoms with Gasteiger partial charge in [-0.2, -0.15) is 0 Å². The van der Waals surface area contributed by atoms with E-state index in [4.69, 9.17) is 5.73 Å². The van der Waals surface area contributed by atoms with Crippen LogP contribution in [0.2, 0.25) is 0 Å². The molecule has 1 saturated heterocycles. The molecule has 1 fully saturated rings. The second-order valence-electron chi connectivity index (χ2n) is 3.92. The molecule has 14 heavy (non-hydrogen) atoms. The van der Waals surface area contributed by atoms with E-state index in [1.54, 1.807) is 0 Å². The highest BCUT2D eigenvalue weighted by atomic mass is 79.9. The van der Waals surface area contributed by atoms with E-state index in [1.807, 2.05) is 6.07 Å². The summed E-state index contributed by atoms with van der Waals surface area (Å²) in [6.45, 7) is 2.32. The normalized spacial score (nSPS) is 21.4. The smallest absolute Gasteiger partial charge is 0.0458 e. The molecule has 1 unspecified atom stereocenters. The molecule has 0 aliphatic carbocycles. The van der Waals surface area contributed by atoms with Gasteiger partial charge in [0.15, 0.2) is 0 Å². The Kier molecular flexibility index (Phi) is 3.08. The van der Waals surface area contributed by atoms with Gasteiger partial charge in [-0.3, -0.25) is 0 Å². The van der Waals surface area contributed by atoms with E-state index in [2.05, 4.69) is 33.4 Å². The van der Waals surface area contributed by atoms with E-state index >= 15 is 0 Å². The molecule has 0 radical (unpaired) electrons. The summed E-state index contributed by atoms with van der Waals surface area (Å²) in [6, 6.07) is 6.23. The van der Waals surface area contributed by atoms with Crippen LogP contribution in [0.1, 0.15) is 12.0 Å².